The lowest BCUT2D eigenvalue weighted by atomic mass is 10.1. The molecule has 6 nitrogen and oxygen atoms in total. The molecule has 0 atom stereocenters. The summed E-state index contributed by atoms with van der Waals surface area (Å²) in [6.07, 6.45) is 3.69. The minimum atomic E-state index is -0.214. The van der Waals surface area contributed by atoms with E-state index in [1.54, 1.807) is 0 Å². The molecule has 0 aliphatic carbocycles. The zero-order chi connectivity index (χ0) is 22.6. The van der Waals surface area contributed by atoms with Crippen molar-refractivity contribution in [3.63, 3.8) is 0 Å². The predicted octanol–water partition coefficient (Wildman–Crippen LogP) is 4.19. The third kappa shape index (κ3) is 4.65. The molecule has 3 aromatic carbocycles. The smallest absolute Gasteiger partial charge is 0.255 e. The number of carbonyl (C=O) groups excluding carboxylic acids is 2. The maximum absolute atomic E-state index is 12.7. The number of hydrogen-bond donors (Lipinski definition) is 2. The average Bonchev–Trinajstić information content (AvgIpc) is 2.87. The molecule has 33 heavy (non-hydrogen) atoms. The summed E-state index contributed by atoms with van der Waals surface area (Å²) >= 11 is 0. The minimum absolute atomic E-state index is 0.179. The first-order chi connectivity index (χ1) is 16.2. The molecule has 2 aliphatic heterocycles. The van der Waals surface area contributed by atoms with Gasteiger partial charge in [0.2, 0.25) is 0 Å². The average molecular weight is 438 g/mol. The number of hydrogen-bond acceptors (Lipinski definition) is 4. The fraction of sp³-hybridized carbons (Fsp3) is 0.111. The summed E-state index contributed by atoms with van der Waals surface area (Å²) in [5.74, 6) is 1.16. The van der Waals surface area contributed by atoms with Crippen LogP contribution in [0, 0.1) is 0 Å². The monoisotopic (exact) mass is 438 g/mol. The quantitative estimate of drug-likeness (QED) is 0.626. The topological polar surface area (TPSA) is 76.7 Å². The van der Waals surface area contributed by atoms with Crippen LogP contribution < -0.4 is 20.1 Å². The van der Waals surface area contributed by atoms with Crippen molar-refractivity contribution in [1.29, 1.82) is 0 Å². The summed E-state index contributed by atoms with van der Waals surface area (Å²) in [5.41, 5.74) is 4.43. The zero-order valence-corrected chi connectivity index (χ0v) is 17.8. The maximum atomic E-state index is 12.7. The molecule has 0 fully saturated rings. The van der Waals surface area contributed by atoms with Crippen molar-refractivity contribution in [3.8, 4) is 11.5 Å². The van der Waals surface area contributed by atoms with E-state index in [1.165, 1.54) is 0 Å². The van der Waals surface area contributed by atoms with Gasteiger partial charge in [-0.25, -0.2) is 0 Å². The van der Waals surface area contributed by atoms with Gasteiger partial charge in [-0.15, -0.1) is 0 Å². The Kier molecular flexibility index (Phi) is 5.64. The molecule has 3 aromatic rings. The van der Waals surface area contributed by atoms with Gasteiger partial charge in [-0.1, -0.05) is 48.5 Å². The van der Waals surface area contributed by atoms with Gasteiger partial charge in [0, 0.05) is 23.4 Å². The van der Waals surface area contributed by atoms with Crippen molar-refractivity contribution in [3.05, 3.63) is 101 Å². The fourth-order valence-electron chi connectivity index (χ4n) is 3.76. The third-order valence-corrected chi connectivity index (χ3v) is 5.49. The first-order valence-electron chi connectivity index (χ1n) is 10.7. The number of nitrogens with one attached hydrogen (secondary N) is 2. The molecule has 6 heteroatoms. The lowest BCUT2D eigenvalue weighted by molar-refractivity contribution is -0.118. The highest BCUT2D eigenvalue weighted by Crippen LogP contribution is 2.27. The highest BCUT2D eigenvalue weighted by atomic mass is 16.5. The Labute approximate surface area is 191 Å². The van der Waals surface area contributed by atoms with E-state index >= 15 is 0 Å². The largest absolute Gasteiger partial charge is 0.488 e. The van der Waals surface area contributed by atoms with E-state index in [0.717, 1.165) is 28.2 Å². The van der Waals surface area contributed by atoms with Crippen LogP contribution in [0.3, 0.4) is 0 Å². The van der Waals surface area contributed by atoms with Gasteiger partial charge in [-0.3, -0.25) is 9.59 Å². The second kappa shape index (κ2) is 9.04. The van der Waals surface area contributed by atoms with Gasteiger partial charge < -0.3 is 20.1 Å². The van der Waals surface area contributed by atoms with E-state index in [2.05, 4.69) is 10.6 Å². The number of benzene rings is 3. The molecule has 0 bridgehead atoms. The van der Waals surface area contributed by atoms with Crippen molar-refractivity contribution in [2.45, 2.75) is 6.54 Å². The molecular formula is C27H22N2O4. The summed E-state index contributed by atoms with van der Waals surface area (Å²) in [5, 5.41) is 5.84. The number of carbonyl (C=O) groups is 2. The second-order valence-electron chi connectivity index (χ2n) is 7.83. The van der Waals surface area contributed by atoms with E-state index < -0.39 is 0 Å². The van der Waals surface area contributed by atoms with E-state index in [4.69, 9.17) is 9.47 Å². The minimum Gasteiger partial charge on any atom is -0.488 e. The third-order valence-electron chi connectivity index (χ3n) is 5.49. The van der Waals surface area contributed by atoms with Crippen LogP contribution in [0.15, 0.2) is 83.9 Å². The van der Waals surface area contributed by atoms with Crippen LogP contribution in [-0.2, 0) is 16.1 Å². The van der Waals surface area contributed by atoms with Crippen molar-refractivity contribution < 1.29 is 19.1 Å². The van der Waals surface area contributed by atoms with Gasteiger partial charge in [0.1, 0.15) is 24.7 Å². The van der Waals surface area contributed by atoms with E-state index in [0.29, 0.717) is 23.4 Å². The molecule has 0 radical (unpaired) electrons. The summed E-state index contributed by atoms with van der Waals surface area (Å²) in [7, 11) is 0. The molecule has 2 N–H and O–H groups in total. The second-order valence-corrected chi connectivity index (χ2v) is 7.83. The summed E-state index contributed by atoms with van der Waals surface area (Å²) < 4.78 is 11.3. The number of fused-ring (bicyclic) bond motifs is 2. The van der Waals surface area contributed by atoms with Crippen LogP contribution in [0.1, 0.15) is 16.7 Å². The lowest BCUT2D eigenvalue weighted by Crippen LogP contribution is -2.28. The van der Waals surface area contributed by atoms with Gasteiger partial charge in [-0.05, 0) is 42.0 Å². The maximum Gasteiger partial charge on any atom is 0.255 e. The van der Waals surface area contributed by atoms with Gasteiger partial charge in [-0.2, -0.15) is 0 Å². The fourth-order valence-corrected chi connectivity index (χ4v) is 3.76. The number of rotatable bonds is 5. The summed E-state index contributed by atoms with van der Waals surface area (Å²) in [6, 6.07) is 22.6. The van der Waals surface area contributed by atoms with Crippen LogP contribution in [0.25, 0.3) is 12.2 Å². The molecule has 2 aliphatic rings. The van der Waals surface area contributed by atoms with Crippen molar-refractivity contribution in [2.24, 2.45) is 0 Å². The van der Waals surface area contributed by atoms with Gasteiger partial charge in [0.05, 0.1) is 11.1 Å². The summed E-state index contributed by atoms with van der Waals surface area (Å²) in [4.78, 5) is 25.3. The Balaban J connectivity index is 1.21. The van der Waals surface area contributed by atoms with Crippen molar-refractivity contribution in [1.82, 2.24) is 5.32 Å². The Hall–Kier alpha value is -4.32. The molecule has 0 unspecified atom stereocenters. The number of anilines is 1. The van der Waals surface area contributed by atoms with E-state index in [1.807, 2.05) is 84.9 Å². The van der Waals surface area contributed by atoms with Gasteiger partial charge in [0.15, 0.2) is 0 Å². The normalized spacial score (nSPS) is 13.8. The molecule has 0 saturated carbocycles. The Morgan fingerprint density at radius 2 is 1.33 bits per heavy atom. The van der Waals surface area contributed by atoms with E-state index in [-0.39, 0.29) is 25.0 Å². The van der Waals surface area contributed by atoms with Gasteiger partial charge in [0.25, 0.3) is 11.8 Å². The van der Waals surface area contributed by atoms with Gasteiger partial charge >= 0.3 is 0 Å². The van der Waals surface area contributed by atoms with Crippen molar-refractivity contribution in [2.75, 3.05) is 18.5 Å². The highest BCUT2D eigenvalue weighted by molar-refractivity contribution is 6.07. The lowest BCUT2D eigenvalue weighted by Gasteiger charge is -2.18. The Morgan fingerprint density at radius 1 is 0.727 bits per heavy atom. The number of para-hydroxylation sites is 2. The highest BCUT2D eigenvalue weighted by Gasteiger charge is 2.18. The molecular weight excluding hydrogens is 416 g/mol. The molecule has 0 spiro atoms. The van der Waals surface area contributed by atoms with Crippen molar-refractivity contribution >= 4 is 29.7 Å². The van der Waals surface area contributed by atoms with Crippen LogP contribution in [0.2, 0.25) is 0 Å². The zero-order valence-electron chi connectivity index (χ0n) is 17.8. The molecule has 0 aromatic heterocycles. The summed E-state index contributed by atoms with van der Waals surface area (Å²) in [6.45, 7) is 0.791. The predicted molar refractivity (Wildman–Crippen MR) is 127 cm³/mol. The Bertz CT molecular complexity index is 1290. The molecule has 0 saturated heterocycles. The van der Waals surface area contributed by atoms with Crippen LogP contribution >= 0.6 is 0 Å². The first kappa shape index (κ1) is 20.6. The van der Waals surface area contributed by atoms with Crippen LogP contribution in [0.4, 0.5) is 5.69 Å². The molecule has 2 heterocycles. The molecule has 5 rings (SSSR count). The number of ether oxygens (including phenoxy) is 2. The standard InChI is InChI=1S/C27H22N2O4/c30-26(21-13-19-7-1-3-10-24(19)32-16-21)28-15-18-6-5-9-23(12-18)29-27(31)22-14-20-8-2-4-11-25(20)33-17-22/h1-14H,15-17H2,(H,28,30)(H,29,31). The first-order valence-corrected chi connectivity index (χ1v) is 10.7. The molecule has 164 valence electrons. The Morgan fingerprint density at radius 3 is 2.00 bits per heavy atom. The SMILES string of the molecule is O=C(NCc1cccc(NC(=O)C2=Cc3ccccc3OC2)c1)C1=Cc2ccccc2OC1. The molecule has 2 amide bonds. The van der Waals surface area contributed by atoms with Crippen LogP contribution in [-0.4, -0.2) is 25.0 Å². The van der Waals surface area contributed by atoms with E-state index in [9.17, 15) is 9.59 Å². The number of amides is 2. The van der Waals surface area contributed by atoms with Crippen LogP contribution in [0.5, 0.6) is 11.5 Å².